The molecule has 1 aromatic carbocycles. The van der Waals surface area contributed by atoms with Crippen LogP contribution in [0.3, 0.4) is 0 Å². The monoisotopic (exact) mass is 421 g/mol. The highest BCUT2D eigenvalue weighted by Gasteiger charge is 2.64. The number of nitrogens with zero attached hydrogens (tertiary/aromatic N) is 4. The SMILES string of the molecule is Cc1c(C#N)ccc(OC2C(C)(C)C(NC(=O)c3cnc(C(C)C)nn3)C2(C)C)c1C. The van der Waals surface area contributed by atoms with Crippen LogP contribution in [-0.4, -0.2) is 33.2 Å². The molecule has 1 aliphatic rings. The lowest BCUT2D eigenvalue weighted by atomic mass is 9.49. The zero-order valence-electron chi connectivity index (χ0n) is 19.6. The second-order valence-electron chi connectivity index (χ2n) is 9.88. The number of amides is 1. The number of nitrogens with one attached hydrogen (secondary N) is 1. The number of rotatable bonds is 5. The van der Waals surface area contributed by atoms with Gasteiger partial charge in [-0.25, -0.2) is 4.98 Å². The molecular formula is C24H31N5O2. The number of benzene rings is 1. The third-order valence-electron chi connectivity index (χ3n) is 6.55. The number of aromatic nitrogens is 3. The van der Waals surface area contributed by atoms with Gasteiger partial charge in [0.15, 0.2) is 11.5 Å². The first-order valence-electron chi connectivity index (χ1n) is 10.6. The smallest absolute Gasteiger partial charge is 0.273 e. The largest absolute Gasteiger partial charge is 0.489 e. The van der Waals surface area contributed by atoms with E-state index in [4.69, 9.17) is 4.74 Å². The minimum atomic E-state index is -0.313. The Bertz CT molecular complexity index is 1020. The number of ether oxygens (including phenoxy) is 1. The van der Waals surface area contributed by atoms with Crippen LogP contribution in [0.25, 0.3) is 0 Å². The van der Waals surface area contributed by atoms with Gasteiger partial charge < -0.3 is 10.1 Å². The molecule has 1 amide bonds. The fourth-order valence-corrected chi connectivity index (χ4v) is 4.83. The summed E-state index contributed by atoms with van der Waals surface area (Å²) in [7, 11) is 0. The molecule has 1 saturated carbocycles. The molecule has 31 heavy (non-hydrogen) atoms. The molecule has 0 saturated heterocycles. The van der Waals surface area contributed by atoms with Gasteiger partial charge in [0.2, 0.25) is 0 Å². The molecule has 1 fully saturated rings. The second-order valence-corrected chi connectivity index (χ2v) is 9.88. The molecule has 0 bridgehead atoms. The van der Waals surface area contributed by atoms with Crippen molar-refractivity contribution in [3.05, 3.63) is 46.5 Å². The number of carbonyl (C=O) groups excluding carboxylic acids is 1. The van der Waals surface area contributed by atoms with Gasteiger partial charge in [-0.1, -0.05) is 41.5 Å². The van der Waals surface area contributed by atoms with Gasteiger partial charge in [0.25, 0.3) is 5.91 Å². The zero-order valence-corrected chi connectivity index (χ0v) is 19.6. The van der Waals surface area contributed by atoms with Gasteiger partial charge in [0, 0.05) is 22.8 Å². The van der Waals surface area contributed by atoms with Crippen LogP contribution in [-0.2, 0) is 0 Å². The van der Waals surface area contributed by atoms with Gasteiger partial charge in [0.1, 0.15) is 11.9 Å². The lowest BCUT2D eigenvalue weighted by Crippen LogP contribution is -2.74. The summed E-state index contributed by atoms with van der Waals surface area (Å²) < 4.78 is 6.45. The Kier molecular flexibility index (Phi) is 5.79. The van der Waals surface area contributed by atoms with Gasteiger partial charge in [-0.05, 0) is 37.1 Å². The van der Waals surface area contributed by atoms with E-state index in [1.807, 2.05) is 33.8 Å². The molecule has 7 heteroatoms. The molecule has 1 N–H and O–H groups in total. The Morgan fingerprint density at radius 1 is 1.13 bits per heavy atom. The molecule has 7 nitrogen and oxygen atoms in total. The summed E-state index contributed by atoms with van der Waals surface area (Å²) in [5, 5.41) is 20.5. The van der Waals surface area contributed by atoms with Crippen molar-refractivity contribution in [2.45, 2.75) is 73.5 Å². The van der Waals surface area contributed by atoms with E-state index in [-0.39, 0.29) is 40.5 Å². The third kappa shape index (κ3) is 3.87. The zero-order chi connectivity index (χ0) is 23.1. The van der Waals surface area contributed by atoms with Crippen molar-refractivity contribution in [2.75, 3.05) is 0 Å². The van der Waals surface area contributed by atoms with Crippen LogP contribution < -0.4 is 10.1 Å². The summed E-state index contributed by atoms with van der Waals surface area (Å²) in [6.45, 7) is 16.2. The van der Waals surface area contributed by atoms with Crippen molar-refractivity contribution in [1.82, 2.24) is 20.5 Å². The highest BCUT2D eigenvalue weighted by Crippen LogP contribution is 2.55. The summed E-state index contributed by atoms with van der Waals surface area (Å²) in [6, 6.07) is 5.74. The first kappa shape index (κ1) is 22.7. The predicted octanol–water partition coefficient (Wildman–Crippen LogP) is 4.10. The van der Waals surface area contributed by atoms with Crippen molar-refractivity contribution in [3.8, 4) is 11.8 Å². The van der Waals surface area contributed by atoms with Crippen LogP contribution in [0, 0.1) is 36.0 Å². The summed E-state index contributed by atoms with van der Waals surface area (Å²) in [5.74, 6) is 1.25. The number of nitriles is 1. The van der Waals surface area contributed by atoms with Crippen molar-refractivity contribution >= 4 is 5.91 Å². The maximum Gasteiger partial charge on any atom is 0.273 e. The van der Waals surface area contributed by atoms with Crippen LogP contribution in [0.4, 0.5) is 0 Å². The fraction of sp³-hybridized carbons (Fsp3) is 0.542. The summed E-state index contributed by atoms with van der Waals surface area (Å²) in [4.78, 5) is 17.1. The van der Waals surface area contributed by atoms with E-state index in [9.17, 15) is 10.1 Å². The van der Waals surface area contributed by atoms with Gasteiger partial charge in [0.05, 0.1) is 17.8 Å². The minimum absolute atomic E-state index is 0.121. The maximum absolute atomic E-state index is 12.8. The molecule has 0 aliphatic heterocycles. The average Bonchev–Trinajstić information content (AvgIpc) is 2.72. The Hall–Kier alpha value is -3.01. The molecule has 0 atom stereocenters. The highest BCUT2D eigenvalue weighted by molar-refractivity contribution is 5.92. The van der Waals surface area contributed by atoms with Gasteiger partial charge in [-0.3, -0.25) is 4.79 Å². The quantitative estimate of drug-likeness (QED) is 0.780. The fourth-order valence-electron chi connectivity index (χ4n) is 4.83. The van der Waals surface area contributed by atoms with Crippen LogP contribution >= 0.6 is 0 Å². The molecule has 0 radical (unpaired) electrons. The van der Waals surface area contributed by atoms with Crippen LogP contribution in [0.1, 0.15) is 80.5 Å². The third-order valence-corrected chi connectivity index (χ3v) is 6.55. The molecule has 0 unspecified atom stereocenters. The van der Waals surface area contributed by atoms with E-state index >= 15 is 0 Å². The molecule has 164 valence electrons. The molecule has 3 rings (SSSR count). The van der Waals surface area contributed by atoms with E-state index in [0.717, 1.165) is 16.9 Å². The Balaban J connectivity index is 1.77. The lowest BCUT2D eigenvalue weighted by molar-refractivity contribution is -0.164. The van der Waals surface area contributed by atoms with Gasteiger partial charge in [-0.2, -0.15) is 5.26 Å². The summed E-state index contributed by atoms with van der Waals surface area (Å²) >= 11 is 0. The molecule has 1 aromatic heterocycles. The molecule has 1 aliphatic carbocycles. The Morgan fingerprint density at radius 2 is 1.77 bits per heavy atom. The molecule has 1 heterocycles. The number of hydrogen-bond donors (Lipinski definition) is 1. The molecular weight excluding hydrogens is 390 g/mol. The van der Waals surface area contributed by atoms with E-state index < -0.39 is 0 Å². The number of carbonyl (C=O) groups is 1. The molecule has 0 spiro atoms. The van der Waals surface area contributed by atoms with E-state index in [1.165, 1.54) is 6.20 Å². The van der Waals surface area contributed by atoms with Gasteiger partial charge in [-0.15, -0.1) is 10.2 Å². The van der Waals surface area contributed by atoms with Crippen LogP contribution in [0.2, 0.25) is 0 Å². The van der Waals surface area contributed by atoms with Crippen molar-refractivity contribution in [3.63, 3.8) is 0 Å². The maximum atomic E-state index is 12.8. The second kappa shape index (κ2) is 7.92. The van der Waals surface area contributed by atoms with Gasteiger partial charge >= 0.3 is 0 Å². The molecule has 2 aromatic rings. The van der Waals surface area contributed by atoms with Crippen LogP contribution in [0.15, 0.2) is 18.3 Å². The summed E-state index contributed by atoms with van der Waals surface area (Å²) in [6.07, 6.45) is 1.36. The normalized spacial score (nSPS) is 21.2. The van der Waals surface area contributed by atoms with Crippen molar-refractivity contribution < 1.29 is 9.53 Å². The van der Waals surface area contributed by atoms with E-state index in [1.54, 1.807) is 6.07 Å². The van der Waals surface area contributed by atoms with Crippen molar-refractivity contribution in [2.24, 2.45) is 10.8 Å². The van der Waals surface area contributed by atoms with Crippen molar-refractivity contribution in [1.29, 1.82) is 5.26 Å². The Labute approximate surface area is 184 Å². The topological polar surface area (TPSA) is 101 Å². The first-order valence-corrected chi connectivity index (χ1v) is 10.6. The van der Waals surface area contributed by atoms with E-state index in [2.05, 4.69) is 54.3 Å². The average molecular weight is 422 g/mol. The lowest BCUT2D eigenvalue weighted by Gasteiger charge is -2.63. The predicted molar refractivity (Wildman–Crippen MR) is 118 cm³/mol. The van der Waals surface area contributed by atoms with Crippen LogP contribution in [0.5, 0.6) is 5.75 Å². The highest BCUT2D eigenvalue weighted by atomic mass is 16.5. The number of hydrogen-bond acceptors (Lipinski definition) is 6. The minimum Gasteiger partial charge on any atom is -0.489 e. The Morgan fingerprint density at radius 3 is 2.29 bits per heavy atom. The summed E-state index contributed by atoms with van der Waals surface area (Å²) in [5.41, 5.74) is 2.12. The first-order chi connectivity index (χ1) is 14.4. The standard InChI is InChI=1S/C24H31N5O2/c1-13(2)19-26-12-17(28-29-19)20(30)27-21-23(5,6)22(24(21,7)8)31-18-10-9-16(11-25)14(3)15(18)4/h9-10,12-13,21-22H,1-8H3,(H,27,30). The van der Waals surface area contributed by atoms with E-state index in [0.29, 0.717) is 11.4 Å².